The molecule has 0 aliphatic carbocycles. The Balaban J connectivity index is 2.70. The van der Waals surface area contributed by atoms with Gasteiger partial charge in [0.25, 0.3) is 0 Å². The molecule has 0 bridgehead atoms. The van der Waals surface area contributed by atoms with Crippen LogP contribution in [0.15, 0.2) is 17.0 Å². The van der Waals surface area contributed by atoms with Crippen LogP contribution in [-0.2, 0) is 14.8 Å². The molecular weight excluding hydrogens is 285 g/mol. The summed E-state index contributed by atoms with van der Waals surface area (Å²) in [5.41, 5.74) is 10.4. The van der Waals surface area contributed by atoms with Crippen LogP contribution in [0.2, 0.25) is 0 Å². The Bertz CT molecular complexity index is 602. The first-order valence-corrected chi connectivity index (χ1v) is 7.56. The van der Waals surface area contributed by atoms with Gasteiger partial charge in [0.05, 0.1) is 10.6 Å². The van der Waals surface area contributed by atoms with E-state index in [2.05, 4.69) is 4.72 Å². The SMILES string of the molecule is Cc1cc(F)c(N)cc1S(=O)(=O)NCCCCC(N)=O. The standard InChI is InChI=1S/C12H18FN3O3S/c1-8-6-9(13)10(14)7-11(8)20(18,19)16-5-3-2-4-12(15)17/h6-7,16H,2-5,14H2,1H3,(H2,15,17). The summed E-state index contributed by atoms with van der Waals surface area (Å²) in [4.78, 5) is 10.5. The molecule has 0 aliphatic heterocycles. The van der Waals surface area contributed by atoms with E-state index in [4.69, 9.17) is 11.5 Å². The number of unbranched alkanes of at least 4 members (excludes halogenated alkanes) is 1. The number of nitrogens with two attached hydrogens (primary N) is 2. The molecule has 1 rings (SSSR count). The van der Waals surface area contributed by atoms with E-state index >= 15 is 0 Å². The van der Waals surface area contributed by atoms with Crippen molar-refractivity contribution >= 4 is 21.6 Å². The van der Waals surface area contributed by atoms with Gasteiger partial charge in [0.15, 0.2) is 0 Å². The smallest absolute Gasteiger partial charge is 0.240 e. The summed E-state index contributed by atoms with van der Waals surface area (Å²) in [5, 5.41) is 0. The average Bonchev–Trinajstić information content (AvgIpc) is 2.32. The number of rotatable bonds is 7. The highest BCUT2D eigenvalue weighted by Crippen LogP contribution is 2.21. The average molecular weight is 303 g/mol. The molecule has 0 saturated heterocycles. The maximum absolute atomic E-state index is 13.2. The quantitative estimate of drug-likeness (QED) is 0.506. The number of hydrogen-bond donors (Lipinski definition) is 3. The van der Waals surface area contributed by atoms with E-state index in [-0.39, 0.29) is 29.1 Å². The maximum atomic E-state index is 13.2. The topological polar surface area (TPSA) is 115 Å². The second-order valence-corrected chi connectivity index (χ2v) is 6.20. The van der Waals surface area contributed by atoms with Gasteiger partial charge in [-0.05, 0) is 37.5 Å². The Labute approximate surface area is 117 Å². The molecule has 0 unspecified atom stereocenters. The highest BCUT2D eigenvalue weighted by molar-refractivity contribution is 7.89. The minimum atomic E-state index is -3.74. The molecule has 0 aromatic heterocycles. The van der Waals surface area contributed by atoms with Crippen LogP contribution < -0.4 is 16.2 Å². The van der Waals surface area contributed by atoms with Gasteiger partial charge in [-0.3, -0.25) is 4.79 Å². The monoisotopic (exact) mass is 303 g/mol. The molecule has 0 saturated carbocycles. The third-order valence-electron chi connectivity index (χ3n) is 2.73. The number of aryl methyl sites for hydroxylation is 1. The van der Waals surface area contributed by atoms with E-state index < -0.39 is 21.7 Å². The normalized spacial score (nSPS) is 11.5. The lowest BCUT2D eigenvalue weighted by atomic mass is 10.2. The first-order chi connectivity index (χ1) is 9.24. The van der Waals surface area contributed by atoms with Gasteiger partial charge >= 0.3 is 0 Å². The van der Waals surface area contributed by atoms with E-state index in [1.54, 1.807) is 0 Å². The van der Waals surface area contributed by atoms with Crippen molar-refractivity contribution in [3.8, 4) is 0 Å². The number of sulfonamides is 1. The lowest BCUT2D eigenvalue weighted by molar-refractivity contribution is -0.118. The molecule has 1 aromatic carbocycles. The maximum Gasteiger partial charge on any atom is 0.240 e. The van der Waals surface area contributed by atoms with Crippen LogP contribution >= 0.6 is 0 Å². The lowest BCUT2D eigenvalue weighted by Gasteiger charge is -2.10. The van der Waals surface area contributed by atoms with E-state index in [0.29, 0.717) is 12.8 Å². The van der Waals surface area contributed by atoms with Crippen molar-refractivity contribution in [1.82, 2.24) is 4.72 Å². The zero-order valence-electron chi connectivity index (χ0n) is 11.1. The molecule has 0 fully saturated rings. The summed E-state index contributed by atoms with van der Waals surface area (Å²) in [6.45, 7) is 1.66. The van der Waals surface area contributed by atoms with Crippen LogP contribution in [0.3, 0.4) is 0 Å². The van der Waals surface area contributed by atoms with Crippen molar-refractivity contribution in [2.45, 2.75) is 31.1 Å². The molecule has 0 aliphatic rings. The number of carbonyl (C=O) groups is 1. The number of amides is 1. The fourth-order valence-corrected chi connectivity index (χ4v) is 3.00. The minimum Gasteiger partial charge on any atom is -0.396 e. The van der Waals surface area contributed by atoms with Gasteiger partial charge in [-0.1, -0.05) is 0 Å². The van der Waals surface area contributed by atoms with Crippen LogP contribution in [0.5, 0.6) is 0 Å². The van der Waals surface area contributed by atoms with E-state index in [9.17, 15) is 17.6 Å². The number of primary amides is 1. The van der Waals surface area contributed by atoms with E-state index in [1.807, 2.05) is 0 Å². The predicted octanol–water partition coefficient (Wildman–Crippen LogP) is 0.650. The molecule has 112 valence electrons. The van der Waals surface area contributed by atoms with Gasteiger partial charge in [0.1, 0.15) is 5.82 Å². The van der Waals surface area contributed by atoms with Gasteiger partial charge in [0.2, 0.25) is 15.9 Å². The van der Waals surface area contributed by atoms with Gasteiger partial charge in [-0.25, -0.2) is 17.5 Å². The predicted molar refractivity (Wildman–Crippen MR) is 73.8 cm³/mol. The minimum absolute atomic E-state index is 0.0497. The number of nitrogens with one attached hydrogen (secondary N) is 1. The fraction of sp³-hybridized carbons (Fsp3) is 0.417. The van der Waals surface area contributed by atoms with Gasteiger partial charge in [-0.15, -0.1) is 0 Å². The summed E-state index contributed by atoms with van der Waals surface area (Å²) in [7, 11) is -3.74. The summed E-state index contributed by atoms with van der Waals surface area (Å²) < 4.78 is 39.6. The van der Waals surface area contributed by atoms with E-state index in [0.717, 1.165) is 12.1 Å². The molecule has 20 heavy (non-hydrogen) atoms. The molecule has 8 heteroatoms. The van der Waals surface area contributed by atoms with Crippen molar-refractivity contribution in [2.24, 2.45) is 5.73 Å². The first-order valence-electron chi connectivity index (χ1n) is 6.07. The molecule has 0 heterocycles. The Morgan fingerprint density at radius 2 is 2.00 bits per heavy atom. The molecule has 1 aromatic rings. The Morgan fingerprint density at radius 1 is 1.35 bits per heavy atom. The van der Waals surface area contributed by atoms with Crippen LogP contribution in [-0.4, -0.2) is 20.9 Å². The van der Waals surface area contributed by atoms with Crippen molar-refractivity contribution in [2.75, 3.05) is 12.3 Å². The molecule has 0 spiro atoms. The Hall–Kier alpha value is -1.67. The van der Waals surface area contributed by atoms with Gasteiger partial charge in [-0.2, -0.15) is 0 Å². The van der Waals surface area contributed by atoms with Crippen LogP contribution in [0.1, 0.15) is 24.8 Å². The Morgan fingerprint density at radius 3 is 2.60 bits per heavy atom. The largest absolute Gasteiger partial charge is 0.396 e. The number of hydrogen-bond acceptors (Lipinski definition) is 4. The second kappa shape index (κ2) is 6.67. The molecule has 0 atom stereocenters. The zero-order chi connectivity index (χ0) is 15.3. The van der Waals surface area contributed by atoms with Crippen LogP contribution in [0.25, 0.3) is 0 Å². The zero-order valence-corrected chi connectivity index (χ0v) is 12.0. The molecule has 1 amide bonds. The number of benzene rings is 1. The second-order valence-electron chi connectivity index (χ2n) is 4.46. The number of nitrogen functional groups attached to an aromatic ring is 1. The highest BCUT2D eigenvalue weighted by Gasteiger charge is 2.18. The third kappa shape index (κ3) is 4.46. The fourth-order valence-electron chi connectivity index (χ4n) is 1.67. The summed E-state index contributed by atoms with van der Waals surface area (Å²) in [6.07, 6.45) is 1.20. The highest BCUT2D eigenvalue weighted by atomic mass is 32.2. The van der Waals surface area contributed by atoms with Gasteiger partial charge < -0.3 is 11.5 Å². The molecule has 0 radical (unpaired) electrons. The summed E-state index contributed by atoms with van der Waals surface area (Å²) >= 11 is 0. The molecule has 5 N–H and O–H groups in total. The lowest BCUT2D eigenvalue weighted by Crippen LogP contribution is -2.26. The van der Waals surface area contributed by atoms with Crippen molar-refractivity contribution in [3.63, 3.8) is 0 Å². The Kier molecular flexibility index (Phi) is 5.46. The number of carbonyl (C=O) groups excluding carboxylic acids is 1. The summed E-state index contributed by atoms with van der Waals surface area (Å²) in [6, 6.07) is 2.17. The molecule has 6 nitrogen and oxygen atoms in total. The number of anilines is 1. The first kappa shape index (κ1) is 16.4. The summed E-state index contributed by atoms with van der Waals surface area (Å²) in [5.74, 6) is -1.07. The van der Waals surface area contributed by atoms with E-state index in [1.165, 1.54) is 6.92 Å². The van der Waals surface area contributed by atoms with Crippen molar-refractivity contribution < 1.29 is 17.6 Å². The number of halogens is 1. The van der Waals surface area contributed by atoms with Gasteiger partial charge in [0, 0.05) is 13.0 Å². The van der Waals surface area contributed by atoms with Crippen molar-refractivity contribution in [3.05, 3.63) is 23.5 Å². The molecular formula is C12H18FN3O3S. The van der Waals surface area contributed by atoms with Crippen LogP contribution in [0, 0.1) is 12.7 Å². The third-order valence-corrected chi connectivity index (χ3v) is 4.33. The van der Waals surface area contributed by atoms with Crippen LogP contribution in [0.4, 0.5) is 10.1 Å². The van der Waals surface area contributed by atoms with Crippen molar-refractivity contribution in [1.29, 1.82) is 0 Å².